The van der Waals surface area contributed by atoms with Gasteiger partial charge in [0.05, 0.1) is 27.7 Å². The molecule has 0 aliphatic carbocycles. The molecule has 0 saturated carbocycles. The molecule has 0 bridgehead atoms. The van der Waals surface area contributed by atoms with Crippen molar-refractivity contribution in [1.82, 2.24) is 0 Å². The van der Waals surface area contributed by atoms with Crippen LogP contribution in [0.2, 0.25) is 0 Å². The Bertz CT molecular complexity index is 1480. The third kappa shape index (κ3) is 67.4. The number of rotatable bonds is 67. The second-order valence-corrected chi connectivity index (χ2v) is 27.1. The number of carbonyl (C=O) groups is 2. The molecule has 82 heavy (non-hydrogen) atoms. The maximum Gasteiger partial charge on any atom is 0.472 e. The molecule has 0 amide bonds. The Morgan fingerprint density at radius 2 is 0.659 bits per heavy atom. The summed E-state index contributed by atoms with van der Waals surface area (Å²) < 4.78 is 34.8. The first kappa shape index (κ1) is 80.2. The summed E-state index contributed by atoms with van der Waals surface area (Å²) >= 11 is 0. The zero-order valence-corrected chi connectivity index (χ0v) is 56.1. The largest absolute Gasteiger partial charge is 0.472 e. The van der Waals surface area contributed by atoms with Crippen LogP contribution in [0.25, 0.3) is 0 Å². The number of allylic oxidation sites excluding steroid dienone is 6. The summed E-state index contributed by atoms with van der Waals surface area (Å²) in [4.78, 5) is 35.9. The van der Waals surface area contributed by atoms with E-state index < -0.39 is 26.5 Å². The Hall–Kier alpha value is -1.77. The van der Waals surface area contributed by atoms with Gasteiger partial charge >= 0.3 is 19.8 Å². The van der Waals surface area contributed by atoms with E-state index in [1.807, 2.05) is 21.1 Å². The van der Waals surface area contributed by atoms with Gasteiger partial charge in [-0.25, -0.2) is 4.57 Å². The van der Waals surface area contributed by atoms with Gasteiger partial charge in [-0.3, -0.25) is 18.6 Å². The normalized spacial score (nSPS) is 13.3. The number of hydrogen-bond acceptors (Lipinski definition) is 7. The average molecular weight is 1180 g/mol. The van der Waals surface area contributed by atoms with Crippen LogP contribution in [0.4, 0.5) is 0 Å². The van der Waals surface area contributed by atoms with Crippen molar-refractivity contribution in [2.24, 2.45) is 0 Å². The fraction of sp³-hybridized carbons (Fsp3) is 0.889. The van der Waals surface area contributed by atoms with Gasteiger partial charge in [-0.2, -0.15) is 0 Å². The zero-order chi connectivity index (χ0) is 59.8. The molecule has 0 aromatic carbocycles. The molecule has 2 unspecified atom stereocenters. The minimum absolute atomic E-state index is 0.0345. The smallest absolute Gasteiger partial charge is 0.462 e. The number of phosphoric ester groups is 1. The van der Waals surface area contributed by atoms with Crippen molar-refractivity contribution in [1.29, 1.82) is 0 Å². The third-order valence-corrected chi connectivity index (χ3v) is 17.1. The number of hydrogen-bond donors (Lipinski definition) is 1. The molecule has 0 aliphatic heterocycles. The van der Waals surface area contributed by atoms with E-state index in [9.17, 15) is 19.0 Å². The van der Waals surface area contributed by atoms with Crippen molar-refractivity contribution in [2.45, 2.75) is 367 Å². The fourth-order valence-electron chi connectivity index (χ4n) is 10.6. The lowest BCUT2D eigenvalue weighted by atomic mass is 10.0. The molecule has 10 heteroatoms. The molecular weight excluding hydrogens is 1040 g/mol. The molecule has 0 radical (unpaired) electrons. The predicted molar refractivity (Wildman–Crippen MR) is 354 cm³/mol. The van der Waals surface area contributed by atoms with Gasteiger partial charge in [-0.15, -0.1) is 0 Å². The van der Waals surface area contributed by atoms with Crippen LogP contribution in [0.15, 0.2) is 36.5 Å². The number of likely N-dealkylation sites (N-methyl/N-ethyl adjacent to an activating group) is 1. The molecular formula is C72H139NO8P+. The highest BCUT2D eigenvalue weighted by Crippen LogP contribution is 2.43. The van der Waals surface area contributed by atoms with E-state index in [1.54, 1.807) is 0 Å². The number of ether oxygens (including phenoxy) is 2. The van der Waals surface area contributed by atoms with Gasteiger partial charge in [0.2, 0.25) is 0 Å². The first-order valence-corrected chi connectivity index (χ1v) is 37.2. The van der Waals surface area contributed by atoms with Crippen LogP contribution in [0.3, 0.4) is 0 Å². The first-order valence-electron chi connectivity index (χ1n) is 35.7. The fourth-order valence-corrected chi connectivity index (χ4v) is 11.4. The van der Waals surface area contributed by atoms with E-state index in [0.717, 1.165) is 38.5 Å². The summed E-state index contributed by atoms with van der Waals surface area (Å²) in [6.07, 6.45) is 81.1. The Labute approximate surface area is 510 Å². The van der Waals surface area contributed by atoms with Crippen molar-refractivity contribution in [3.63, 3.8) is 0 Å². The van der Waals surface area contributed by atoms with Gasteiger partial charge in [-0.1, -0.05) is 314 Å². The predicted octanol–water partition coefficient (Wildman–Crippen LogP) is 23.1. The van der Waals surface area contributed by atoms with Gasteiger partial charge in [0.1, 0.15) is 19.8 Å². The van der Waals surface area contributed by atoms with Gasteiger partial charge in [0.25, 0.3) is 0 Å². The SMILES string of the molecule is CCCCCCC/C=C\C/C=C\CCCCCCCCCCCCCCCCCCCCCC(=O)OC(COC(=O)CCCCCCCCCCCCCCCCC/C=C\CCCCCCCCCC)COP(=O)(O)OCC[N+](C)(C)C. The van der Waals surface area contributed by atoms with E-state index >= 15 is 0 Å². The molecule has 484 valence electrons. The molecule has 1 N–H and O–H groups in total. The molecule has 0 heterocycles. The van der Waals surface area contributed by atoms with Gasteiger partial charge in [-0.05, 0) is 70.6 Å². The van der Waals surface area contributed by atoms with Gasteiger partial charge < -0.3 is 18.9 Å². The average Bonchev–Trinajstić information content (AvgIpc) is 3.46. The number of quaternary nitrogens is 1. The molecule has 0 rings (SSSR count). The first-order chi connectivity index (χ1) is 40.0. The molecule has 0 spiro atoms. The molecule has 0 fully saturated rings. The second-order valence-electron chi connectivity index (χ2n) is 25.6. The number of unbranched alkanes of at least 4 members (excludes halogenated alkanes) is 47. The lowest BCUT2D eigenvalue weighted by Gasteiger charge is -2.24. The molecule has 0 aliphatic rings. The molecule has 0 saturated heterocycles. The van der Waals surface area contributed by atoms with E-state index in [4.69, 9.17) is 18.5 Å². The van der Waals surface area contributed by atoms with E-state index in [-0.39, 0.29) is 25.6 Å². The number of phosphoric acid groups is 1. The van der Waals surface area contributed by atoms with Crippen LogP contribution in [0, 0.1) is 0 Å². The van der Waals surface area contributed by atoms with Crippen LogP contribution in [0.5, 0.6) is 0 Å². The highest BCUT2D eigenvalue weighted by atomic mass is 31.2. The van der Waals surface area contributed by atoms with Crippen molar-refractivity contribution in [3.05, 3.63) is 36.5 Å². The molecule has 0 aromatic rings. The van der Waals surface area contributed by atoms with E-state index in [0.29, 0.717) is 23.9 Å². The summed E-state index contributed by atoms with van der Waals surface area (Å²) in [5.74, 6) is -0.776. The van der Waals surface area contributed by atoms with Crippen molar-refractivity contribution in [2.75, 3.05) is 47.5 Å². The molecule has 0 aromatic heterocycles. The zero-order valence-electron chi connectivity index (χ0n) is 55.3. The van der Waals surface area contributed by atoms with Gasteiger partial charge in [0.15, 0.2) is 6.10 Å². The lowest BCUT2D eigenvalue weighted by Crippen LogP contribution is -2.37. The summed E-state index contributed by atoms with van der Waals surface area (Å²) in [6.45, 7) is 4.49. The van der Waals surface area contributed by atoms with Crippen LogP contribution in [-0.4, -0.2) is 74.9 Å². The van der Waals surface area contributed by atoms with Gasteiger partial charge in [0, 0.05) is 12.8 Å². The van der Waals surface area contributed by atoms with E-state index in [2.05, 4.69) is 50.3 Å². The Morgan fingerprint density at radius 1 is 0.378 bits per heavy atom. The summed E-state index contributed by atoms with van der Waals surface area (Å²) in [7, 11) is 1.50. The standard InChI is InChI=1S/C72H138NO8P/c1-6-8-10-12-14-16-18-20-22-24-26-28-30-32-34-35-36-37-39-41-43-45-47-49-51-53-55-57-59-61-63-65-72(75)81-70(69-80-82(76,77)79-67-66-73(3,4)5)68-78-71(74)64-62-60-58-56-54-52-50-48-46-44-42-40-38-33-31-29-27-25-23-21-19-17-15-13-11-9-7-2/h18,20,24-27,70H,6-17,19,21-23,28-69H2,1-5H3/p+1/b20-18-,26-24-,27-25-. The van der Waals surface area contributed by atoms with Crippen LogP contribution in [0.1, 0.15) is 361 Å². The van der Waals surface area contributed by atoms with Crippen molar-refractivity contribution < 1.29 is 42.1 Å². The minimum Gasteiger partial charge on any atom is -0.462 e. The number of nitrogens with zero attached hydrogens (tertiary/aromatic N) is 1. The highest BCUT2D eigenvalue weighted by Gasteiger charge is 2.27. The lowest BCUT2D eigenvalue weighted by molar-refractivity contribution is -0.870. The monoisotopic (exact) mass is 1180 g/mol. The maximum atomic E-state index is 12.9. The summed E-state index contributed by atoms with van der Waals surface area (Å²) in [5.41, 5.74) is 0. The quantitative estimate of drug-likeness (QED) is 0.0211. The molecule has 2 atom stereocenters. The second kappa shape index (κ2) is 63.7. The summed E-state index contributed by atoms with van der Waals surface area (Å²) in [6, 6.07) is 0. The molecule has 9 nitrogen and oxygen atoms in total. The number of esters is 2. The highest BCUT2D eigenvalue weighted by molar-refractivity contribution is 7.47. The Kier molecular flexibility index (Phi) is 62.3. The minimum atomic E-state index is -4.39. The maximum absolute atomic E-state index is 12.9. The van der Waals surface area contributed by atoms with Crippen LogP contribution in [-0.2, 0) is 32.7 Å². The summed E-state index contributed by atoms with van der Waals surface area (Å²) in [5, 5.41) is 0. The van der Waals surface area contributed by atoms with Crippen LogP contribution < -0.4 is 0 Å². The third-order valence-electron chi connectivity index (χ3n) is 16.1. The Balaban J connectivity index is 3.99. The van der Waals surface area contributed by atoms with Crippen molar-refractivity contribution >= 4 is 19.8 Å². The topological polar surface area (TPSA) is 108 Å². The van der Waals surface area contributed by atoms with Crippen molar-refractivity contribution in [3.8, 4) is 0 Å². The Morgan fingerprint density at radius 3 is 0.976 bits per heavy atom. The van der Waals surface area contributed by atoms with Crippen LogP contribution >= 0.6 is 7.82 Å². The van der Waals surface area contributed by atoms with E-state index in [1.165, 1.54) is 289 Å². The number of carbonyl (C=O) groups excluding carboxylic acids is 2.